The number of amides is 1. The maximum atomic E-state index is 12.8. The quantitative estimate of drug-likeness (QED) is 0.877. The number of alkyl halides is 3. The molecule has 1 aromatic rings. The minimum atomic E-state index is -4.74. The number of likely N-dealkylation sites (tertiary alicyclic amines) is 1. The topological polar surface area (TPSA) is 66.6 Å². The van der Waals surface area contributed by atoms with Crippen LogP contribution < -0.4 is 5.73 Å². The van der Waals surface area contributed by atoms with Crippen molar-refractivity contribution >= 4 is 18.3 Å². The molecule has 4 nitrogen and oxygen atoms in total. The number of nitrogens with two attached hydrogens (primary N) is 1. The molecule has 1 saturated heterocycles. The number of β-amino-alcohol motifs (C(OH)–C–C–N with tert-alkyl or cyclic N) is 1. The van der Waals surface area contributed by atoms with Crippen LogP contribution in [0.2, 0.25) is 0 Å². The molecule has 8 heteroatoms. The standard InChI is InChI=1S/C15H19F3N2O2.ClH/c1-10(12(19)11-5-3-2-4-6-11)13(21)20-8-7-14(22,9-20)15(16,17)18;/h2-6,10,12,22H,7-9,19H2,1H3;1H. The van der Waals surface area contributed by atoms with Crippen molar-refractivity contribution in [3.05, 3.63) is 35.9 Å². The van der Waals surface area contributed by atoms with Crippen LogP contribution in [-0.4, -0.2) is 40.8 Å². The lowest BCUT2D eigenvalue weighted by Gasteiger charge is -2.28. The second kappa shape index (κ2) is 7.07. The Kier molecular flexibility index (Phi) is 6.06. The summed E-state index contributed by atoms with van der Waals surface area (Å²) in [4.78, 5) is 13.4. The molecule has 0 bridgehead atoms. The minimum Gasteiger partial charge on any atom is -0.379 e. The first kappa shape index (κ1) is 19.7. The zero-order valence-corrected chi connectivity index (χ0v) is 13.4. The van der Waals surface area contributed by atoms with Gasteiger partial charge in [-0.25, -0.2) is 0 Å². The zero-order valence-electron chi connectivity index (χ0n) is 12.6. The monoisotopic (exact) mass is 352 g/mol. The van der Waals surface area contributed by atoms with Crippen molar-refractivity contribution in [1.82, 2.24) is 4.90 Å². The van der Waals surface area contributed by atoms with E-state index in [9.17, 15) is 23.1 Å². The summed E-state index contributed by atoms with van der Waals surface area (Å²) in [6.07, 6.45) is -5.25. The van der Waals surface area contributed by atoms with Crippen LogP contribution in [-0.2, 0) is 4.79 Å². The van der Waals surface area contributed by atoms with Gasteiger partial charge in [0.25, 0.3) is 0 Å². The zero-order chi connectivity index (χ0) is 16.5. The fourth-order valence-corrected chi connectivity index (χ4v) is 2.62. The molecule has 0 aromatic heterocycles. The number of halogens is 4. The van der Waals surface area contributed by atoms with Gasteiger partial charge in [-0.1, -0.05) is 37.3 Å². The van der Waals surface area contributed by atoms with Gasteiger partial charge in [0, 0.05) is 19.0 Å². The van der Waals surface area contributed by atoms with Crippen molar-refractivity contribution in [2.45, 2.75) is 31.2 Å². The molecule has 3 N–H and O–H groups in total. The van der Waals surface area contributed by atoms with Crippen LogP contribution in [0.5, 0.6) is 0 Å². The molecule has 3 unspecified atom stereocenters. The van der Waals surface area contributed by atoms with Gasteiger partial charge in [-0.2, -0.15) is 13.2 Å². The van der Waals surface area contributed by atoms with E-state index in [-0.39, 0.29) is 19.0 Å². The summed E-state index contributed by atoms with van der Waals surface area (Å²) in [6, 6.07) is 8.31. The van der Waals surface area contributed by atoms with Crippen LogP contribution in [0.4, 0.5) is 13.2 Å². The maximum Gasteiger partial charge on any atom is 0.419 e. The number of hydrogen-bond donors (Lipinski definition) is 2. The van der Waals surface area contributed by atoms with Crippen molar-refractivity contribution in [1.29, 1.82) is 0 Å². The molecule has 1 aliphatic rings. The SMILES string of the molecule is CC(C(=O)N1CCC(O)(C(F)(F)F)C1)C(N)c1ccccc1.Cl. The Labute approximate surface area is 138 Å². The van der Waals surface area contributed by atoms with Crippen LogP contribution in [0.25, 0.3) is 0 Å². The molecule has 2 rings (SSSR count). The summed E-state index contributed by atoms with van der Waals surface area (Å²) < 4.78 is 38.4. The van der Waals surface area contributed by atoms with E-state index in [1.807, 2.05) is 6.07 Å². The normalized spacial score (nSPS) is 24.0. The summed E-state index contributed by atoms with van der Waals surface area (Å²) in [5.41, 5.74) is 3.95. The van der Waals surface area contributed by atoms with E-state index in [1.165, 1.54) is 0 Å². The fourth-order valence-electron chi connectivity index (χ4n) is 2.62. The summed E-state index contributed by atoms with van der Waals surface area (Å²) in [6.45, 7) is 0.729. The smallest absolute Gasteiger partial charge is 0.379 e. The number of hydrogen-bond acceptors (Lipinski definition) is 3. The number of nitrogens with zero attached hydrogens (tertiary/aromatic N) is 1. The molecule has 3 atom stereocenters. The van der Waals surface area contributed by atoms with Gasteiger partial charge in [0.05, 0.1) is 12.5 Å². The van der Waals surface area contributed by atoms with Crippen molar-refractivity contribution in [3.63, 3.8) is 0 Å². The third-order valence-electron chi connectivity index (χ3n) is 4.20. The van der Waals surface area contributed by atoms with Crippen molar-refractivity contribution in [3.8, 4) is 0 Å². The largest absolute Gasteiger partial charge is 0.419 e. The van der Waals surface area contributed by atoms with E-state index in [1.54, 1.807) is 31.2 Å². The third-order valence-corrected chi connectivity index (χ3v) is 4.20. The highest BCUT2D eigenvalue weighted by molar-refractivity contribution is 5.85. The van der Waals surface area contributed by atoms with Gasteiger partial charge < -0.3 is 15.7 Å². The number of benzene rings is 1. The number of aliphatic hydroxyl groups is 1. The molecule has 0 saturated carbocycles. The Bertz CT molecular complexity index is 541. The van der Waals surface area contributed by atoms with Gasteiger partial charge in [-0.05, 0) is 5.56 Å². The predicted octanol–water partition coefficient (Wildman–Crippen LogP) is 2.27. The molecule has 1 amide bonds. The van der Waals surface area contributed by atoms with E-state index in [4.69, 9.17) is 5.73 Å². The van der Waals surface area contributed by atoms with Crippen LogP contribution in [0.1, 0.15) is 24.9 Å². The summed E-state index contributed by atoms with van der Waals surface area (Å²) in [5.74, 6) is -1.14. The van der Waals surface area contributed by atoms with E-state index >= 15 is 0 Å². The van der Waals surface area contributed by atoms with Gasteiger partial charge in [-0.15, -0.1) is 12.4 Å². The average molecular weight is 353 g/mol. The lowest BCUT2D eigenvalue weighted by atomic mass is 9.94. The number of carbonyl (C=O) groups is 1. The first-order valence-corrected chi connectivity index (χ1v) is 7.04. The van der Waals surface area contributed by atoms with E-state index in [0.29, 0.717) is 0 Å². The highest BCUT2D eigenvalue weighted by Crippen LogP contribution is 2.38. The van der Waals surface area contributed by atoms with E-state index in [2.05, 4.69) is 0 Å². The van der Waals surface area contributed by atoms with Gasteiger partial charge in [0.15, 0.2) is 5.60 Å². The molecule has 1 aliphatic heterocycles. The van der Waals surface area contributed by atoms with Crippen LogP contribution >= 0.6 is 12.4 Å². The number of rotatable bonds is 3. The van der Waals surface area contributed by atoms with Gasteiger partial charge in [0.2, 0.25) is 5.91 Å². The highest BCUT2D eigenvalue weighted by atomic mass is 35.5. The molecule has 0 radical (unpaired) electrons. The van der Waals surface area contributed by atoms with E-state index in [0.717, 1.165) is 10.5 Å². The first-order chi connectivity index (χ1) is 10.2. The molecule has 0 spiro atoms. The Balaban J connectivity index is 0.00000264. The summed E-state index contributed by atoms with van der Waals surface area (Å²) >= 11 is 0. The minimum absolute atomic E-state index is 0. The van der Waals surface area contributed by atoms with Crippen molar-refractivity contribution in [2.75, 3.05) is 13.1 Å². The van der Waals surface area contributed by atoms with Crippen molar-refractivity contribution < 1.29 is 23.1 Å². The Morgan fingerprint density at radius 2 is 1.91 bits per heavy atom. The van der Waals surface area contributed by atoms with Crippen molar-refractivity contribution in [2.24, 2.45) is 11.7 Å². The Morgan fingerprint density at radius 3 is 2.39 bits per heavy atom. The molecular formula is C15H20ClF3N2O2. The summed E-state index contributed by atoms with van der Waals surface area (Å²) in [7, 11) is 0. The highest BCUT2D eigenvalue weighted by Gasteiger charge is 2.58. The van der Waals surface area contributed by atoms with Crippen LogP contribution in [0, 0.1) is 5.92 Å². The average Bonchev–Trinajstić information content (AvgIpc) is 2.89. The van der Waals surface area contributed by atoms with Crippen LogP contribution in [0.3, 0.4) is 0 Å². The fraction of sp³-hybridized carbons (Fsp3) is 0.533. The lowest BCUT2D eigenvalue weighted by molar-refractivity contribution is -0.253. The number of carbonyl (C=O) groups excluding carboxylic acids is 1. The Morgan fingerprint density at radius 1 is 1.35 bits per heavy atom. The molecule has 1 fully saturated rings. The van der Waals surface area contributed by atoms with Gasteiger partial charge in [-0.3, -0.25) is 4.79 Å². The molecular weight excluding hydrogens is 333 g/mol. The molecule has 0 aliphatic carbocycles. The molecule has 23 heavy (non-hydrogen) atoms. The van der Waals surface area contributed by atoms with Crippen LogP contribution in [0.15, 0.2) is 30.3 Å². The third kappa shape index (κ3) is 3.97. The van der Waals surface area contributed by atoms with Gasteiger partial charge >= 0.3 is 6.18 Å². The van der Waals surface area contributed by atoms with E-state index < -0.39 is 42.6 Å². The molecule has 1 aromatic carbocycles. The molecule has 1 heterocycles. The van der Waals surface area contributed by atoms with Gasteiger partial charge in [0.1, 0.15) is 0 Å². The second-order valence-corrected chi connectivity index (χ2v) is 5.76. The maximum absolute atomic E-state index is 12.8. The summed E-state index contributed by atoms with van der Waals surface area (Å²) in [5, 5.41) is 9.63. The molecule has 130 valence electrons. The lowest BCUT2D eigenvalue weighted by Crippen LogP contribution is -2.49. The predicted molar refractivity (Wildman–Crippen MR) is 82.0 cm³/mol. The first-order valence-electron chi connectivity index (χ1n) is 7.04. The Hall–Kier alpha value is -1.31. The second-order valence-electron chi connectivity index (χ2n) is 5.76.